The highest BCUT2D eigenvalue weighted by Gasteiger charge is 2.27. The van der Waals surface area contributed by atoms with Gasteiger partial charge >= 0.3 is 0 Å². The van der Waals surface area contributed by atoms with E-state index in [0.29, 0.717) is 12.5 Å². The minimum absolute atomic E-state index is 0.0380. The van der Waals surface area contributed by atoms with Crippen LogP contribution in [0, 0.1) is 0 Å². The Balaban J connectivity index is 2.05. The van der Waals surface area contributed by atoms with Gasteiger partial charge < -0.3 is 10.6 Å². The Morgan fingerprint density at radius 3 is 3.00 bits per heavy atom. The van der Waals surface area contributed by atoms with E-state index in [2.05, 4.69) is 41.8 Å². The number of carbonyl (C=O) groups is 1. The van der Waals surface area contributed by atoms with E-state index in [9.17, 15) is 4.79 Å². The van der Waals surface area contributed by atoms with Crippen LogP contribution in [-0.2, 0) is 11.2 Å². The Hall–Kier alpha value is -1.35. The number of aryl methyl sites for hydroxylation is 1. The fourth-order valence-electron chi connectivity index (χ4n) is 2.78. The molecule has 1 saturated heterocycles. The quantitative estimate of drug-likeness (QED) is 0.871. The molecule has 2 unspecified atom stereocenters. The topological polar surface area (TPSA) is 41.1 Å². The fraction of sp³-hybridized carbons (Fsp3) is 0.562. The molecule has 1 aliphatic rings. The molecule has 1 aromatic carbocycles. The molecule has 104 valence electrons. The van der Waals surface area contributed by atoms with Gasteiger partial charge in [-0.2, -0.15) is 0 Å². The van der Waals surface area contributed by atoms with E-state index >= 15 is 0 Å². The first-order chi connectivity index (χ1) is 9.24. The fourth-order valence-corrected chi connectivity index (χ4v) is 2.78. The van der Waals surface area contributed by atoms with Crippen LogP contribution in [0.1, 0.15) is 43.7 Å². The van der Waals surface area contributed by atoms with Crippen molar-refractivity contribution in [2.45, 2.75) is 45.1 Å². The van der Waals surface area contributed by atoms with Crippen LogP contribution in [0.4, 0.5) is 0 Å². The number of rotatable bonds is 4. The first-order valence-electron chi connectivity index (χ1n) is 7.34. The van der Waals surface area contributed by atoms with Crippen molar-refractivity contribution in [1.29, 1.82) is 0 Å². The van der Waals surface area contributed by atoms with Crippen molar-refractivity contribution in [1.82, 2.24) is 10.6 Å². The summed E-state index contributed by atoms with van der Waals surface area (Å²) in [5.41, 5.74) is 2.76. The summed E-state index contributed by atoms with van der Waals surface area (Å²) in [6.45, 7) is 5.76. The van der Waals surface area contributed by atoms with E-state index in [1.165, 1.54) is 11.1 Å². The van der Waals surface area contributed by atoms with Gasteiger partial charge in [-0.05, 0) is 49.8 Å². The molecule has 0 aromatic heterocycles. The molecule has 0 radical (unpaired) electrons. The molecule has 2 atom stereocenters. The monoisotopic (exact) mass is 260 g/mol. The predicted octanol–water partition coefficient (Wildman–Crippen LogP) is 2.22. The van der Waals surface area contributed by atoms with E-state index in [1.54, 1.807) is 0 Å². The van der Waals surface area contributed by atoms with E-state index in [4.69, 9.17) is 0 Å². The highest BCUT2D eigenvalue weighted by molar-refractivity contribution is 5.81. The third-order valence-electron chi connectivity index (χ3n) is 3.90. The molecule has 2 N–H and O–H groups in total. The number of carbonyl (C=O) groups excluding carboxylic acids is 1. The van der Waals surface area contributed by atoms with Crippen molar-refractivity contribution >= 4 is 5.91 Å². The van der Waals surface area contributed by atoms with Crippen LogP contribution in [0.15, 0.2) is 24.3 Å². The zero-order valence-corrected chi connectivity index (χ0v) is 11.9. The highest BCUT2D eigenvalue weighted by atomic mass is 16.2. The molecule has 1 fully saturated rings. The van der Waals surface area contributed by atoms with E-state index in [0.717, 1.165) is 25.8 Å². The molecule has 3 nitrogen and oxygen atoms in total. The van der Waals surface area contributed by atoms with Crippen molar-refractivity contribution in [3.8, 4) is 0 Å². The molecule has 0 bridgehead atoms. The van der Waals surface area contributed by atoms with Gasteiger partial charge in [-0.15, -0.1) is 0 Å². The van der Waals surface area contributed by atoms with Crippen molar-refractivity contribution in [2.24, 2.45) is 0 Å². The lowest BCUT2D eigenvalue weighted by Gasteiger charge is -2.30. The number of nitrogens with one attached hydrogen (secondary N) is 2. The lowest BCUT2D eigenvalue weighted by Crippen LogP contribution is -2.48. The van der Waals surface area contributed by atoms with Gasteiger partial charge in [-0.3, -0.25) is 4.79 Å². The second kappa shape index (κ2) is 6.71. The molecule has 3 heteroatoms. The first kappa shape index (κ1) is 14.1. The second-order valence-electron chi connectivity index (χ2n) is 5.22. The predicted molar refractivity (Wildman–Crippen MR) is 78.3 cm³/mol. The van der Waals surface area contributed by atoms with Gasteiger partial charge in [0.05, 0.1) is 6.04 Å². The highest BCUT2D eigenvalue weighted by Crippen LogP contribution is 2.28. The largest absolute Gasteiger partial charge is 0.355 e. The maximum atomic E-state index is 11.9. The molecule has 1 aromatic rings. The molecule has 1 amide bonds. The maximum absolute atomic E-state index is 11.9. The van der Waals surface area contributed by atoms with Crippen LogP contribution >= 0.6 is 0 Å². The third-order valence-corrected chi connectivity index (χ3v) is 3.90. The van der Waals surface area contributed by atoms with Gasteiger partial charge in [-0.25, -0.2) is 0 Å². The van der Waals surface area contributed by atoms with Crippen LogP contribution in [-0.4, -0.2) is 25.0 Å². The van der Waals surface area contributed by atoms with Crippen molar-refractivity contribution in [3.05, 3.63) is 35.4 Å². The molecular weight excluding hydrogens is 236 g/mol. The summed E-state index contributed by atoms with van der Waals surface area (Å²) in [7, 11) is 0. The number of hydrogen-bond acceptors (Lipinski definition) is 2. The molecule has 2 rings (SSSR count). The van der Waals surface area contributed by atoms with Crippen LogP contribution in [0.3, 0.4) is 0 Å². The molecular formula is C16H24N2O. The third kappa shape index (κ3) is 3.57. The number of benzene rings is 1. The van der Waals surface area contributed by atoms with E-state index in [1.807, 2.05) is 6.92 Å². The number of likely N-dealkylation sites (N-methyl/N-ethyl adjacent to an activating group) is 1. The lowest BCUT2D eigenvalue weighted by atomic mass is 9.85. The van der Waals surface area contributed by atoms with Crippen molar-refractivity contribution in [3.63, 3.8) is 0 Å². The Bertz CT molecular complexity index is 431. The zero-order valence-electron chi connectivity index (χ0n) is 11.9. The lowest BCUT2D eigenvalue weighted by molar-refractivity contribution is -0.123. The smallest absolute Gasteiger partial charge is 0.237 e. The summed E-state index contributed by atoms with van der Waals surface area (Å²) in [4.78, 5) is 11.9. The second-order valence-corrected chi connectivity index (χ2v) is 5.22. The van der Waals surface area contributed by atoms with E-state index in [-0.39, 0.29) is 11.9 Å². The standard InChI is InChI=1S/C16H24N2O/c1-3-12-6-5-7-13(10-12)14-8-9-18-15(11-14)16(19)17-4-2/h5-7,10,14-15,18H,3-4,8-9,11H2,1-2H3,(H,17,19). The number of amides is 1. The summed E-state index contributed by atoms with van der Waals surface area (Å²) in [5.74, 6) is 0.638. The molecule has 0 saturated carbocycles. The summed E-state index contributed by atoms with van der Waals surface area (Å²) >= 11 is 0. The van der Waals surface area contributed by atoms with Gasteiger partial charge in [0.15, 0.2) is 0 Å². The van der Waals surface area contributed by atoms with Gasteiger partial charge in [0.2, 0.25) is 5.91 Å². The minimum atomic E-state index is -0.0380. The van der Waals surface area contributed by atoms with E-state index < -0.39 is 0 Å². The average molecular weight is 260 g/mol. The Kier molecular flexibility index (Phi) is 4.97. The van der Waals surface area contributed by atoms with Crippen molar-refractivity contribution < 1.29 is 4.79 Å². The number of hydrogen-bond donors (Lipinski definition) is 2. The minimum Gasteiger partial charge on any atom is -0.355 e. The van der Waals surface area contributed by atoms with Crippen LogP contribution < -0.4 is 10.6 Å². The molecule has 1 aliphatic heterocycles. The summed E-state index contributed by atoms with van der Waals surface area (Å²) < 4.78 is 0. The van der Waals surface area contributed by atoms with Gasteiger partial charge in [0.25, 0.3) is 0 Å². The summed E-state index contributed by atoms with van der Waals surface area (Å²) in [6, 6.07) is 8.77. The van der Waals surface area contributed by atoms with Gasteiger partial charge in [0, 0.05) is 6.54 Å². The first-order valence-corrected chi connectivity index (χ1v) is 7.34. The molecule has 1 heterocycles. The molecule has 19 heavy (non-hydrogen) atoms. The SMILES string of the molecule is CCNC(=O)C1CC(c2cccc(CC)c2)CCN1. The van der Waals surface area contributed by atoms with Gasteiger partial charge in [0.1, 0.15) is 0 Å². The Morgan fingerprint density at radius 1 is 1.42 bits per heavy atom. The van der Waals surface area contributed by atoms with Crippen LogP contribution in [0.2, 0.25) is 0 Å². The normalized spacial score (nSPS) is 23.1. The van der Waals surface area contributed by atoms with Crippen LogP contribution in [0.5, 0.6) is 0 Å². The summed E-state index contributed by atoms with van der Waals surface area (Å²) in [6.07, 6.45) is 3.08. The van der Waals surface area contributed by atoms with Crippen LogP contribution in [0.25, 0.3) is 0 Å². The summed E-state index contributed by atoms with van der Waals surface area (Å²) in [5, 5.41) is 6.23. The molecule has 0 spiro atoms. The van der Waals surface area contributed by atoms with Crippen molar-refractivity contribution in [2.75, 3.05) is 13.1 Å². The van der Waals surface area contributed by atoms with Gasteiger partial charge in [-0.1, -0.05) is 31.2 Å². The average Bonchev–Trinajstić information content (AvgIpc) is 2.48. The molecule has 0 aliphatic carbocycles. The Labute approximate surface area is 115 Å². The number of piperidine rings is 1. The Morgan fingerprint density at radius 2 is 2.26 bits per heavy atom. The maximum Gasteiger partial charge on any atom is 0.237 e. The zero-order chi connectivity index (χ0) is 13.7.